The number of sulfonamides is 1. The Kier molecular flexibility index (Phi) is 6.01. The van der Waals surface area contributed by atoms with Crippen LogP contribution in [0.5, 0.6) is 0 Å². The van der Waals surface area contributed by atoms with Gasteiger partial charge in [0.2, 0.25) is 15.9 Å². The third kappa shape index (κ3) is 3.81. The average Bonchev–Trinajstić information content (AvgIpc) is 3.42. The second-order valence-corrected chi connectivity index (χ2v) is 12.4. The Morgan fingerprint density at radius 1 is 0.921 bits per heavy atom. The summed E-state index contributed by atoms with van der Waals surface area (Å²) in [7, 11) is -4.10. The molecule has 6 rings (SSSR count). The second kappa shape index (κ2) is 9.14. The summed E-state index contributed by atoms with van der Waals surface area (Å²) in [6, 6.07) is 16.7. The summed E-state index contributed by atoms with van der Waals surface area (Å²) in [6.45, 7) is 2.04. The van der Waals surface area contributed by atoms with Gasteiger partial charge in [-0.15, -0.1) is 0 Å². The zero-order valence-corrected chi connectivity index (χ0v) is 23.0. The van der Waals surface area contributed by atoms with Crippen molar-refractivity contribution in [3.63, 3.8) is 0 Å². The van der Waals surface area contributed by atoms with Crippen molar-refractivity contribution in [1.82, 2.24) is 9.21 Å². The van der Waals surface area contributed by atoms with Crippen LogP contribution in [0, 0.1) is 0 Å². The number of halogens is 1. The molecule has 0 bridgehead atoms. The van der Waals surface area contributed by atoms with Crippen molar-refractivity contribution in [2.24, 2.45) is 0 Å². The van der Waals surface area contributed by atoms with Crippen molar-refractivity contribution in [2.45, 2.75) is 30.7 Å². The van der Waals surface area contributed by atoms with Gasteiger partial charge in [0.1, 0.15) is 0 Å². The van der Waals surface area contributed by atoms with Gasteiger partial charge in [-0.3, -0.25) is 19.3 Å². The molecule has 0 spiro atoms. The number of amides is 3. The van der Waals surface area contributed by atoms with E-state index in [0.717, 1.165) is 21.6 Å². The van der Waals surface area contributed by atoms with Crippen LogP contribution in [-0.2, 0) is 27.7 Å². The maximum Gasteiger partial charge on any atom is 0.261 e. The Labute approximate surface area is 229 Å². The number of carbonyl (C=O) groups is 3. The highest BCUT2D eigenvalue weighted by molar-refractivity contribution is 9.10. The summed E-state index contributed by atoms with van der Waals surface area (Å²) in [5, 5.41) is 0. The second-order valence-electron chi connectivity index (χ2n) is 9.68. The van der Waals surface area contributed by atoms with Crippen molar-refractivity contribution >= 4 is 49.4 Å². The zero-order chi connectivity index (χ0) is 26.8. The third-order valence-electron chi connectivity index (χ3n) is 7.59. The summed E-state index contributed by atoms with van der Waals surface area (Å²) in [5.41, 5.74) is 3.88. The summed E-state index contributed by atoms with van der Waals surface area (Å²) >= 11 is 3.46. The average molecular weight is 594 g/mol. The quantitative estimate of drug-likeness (QED) is 0.427. The zero-order valence-electron chi connectivity index (χ0n) is 20.6. The van der Waals surface area contributed by atoms with Crippen molar-refractivity contribution in [1.29, 1.82) is 0 Å². The molecule has 1 unspecified atom stereocenters. The van der Waals surface area contributed by atoms with Gasteiger partial charge in [-0.25, -0.2) is 8.42 Å². The predicted molar refractivity (Wildman–Crippen MR) is 144 cm³/mol. The number of anilines is 1. The fourth-order valence-electron chi connectivity index (χ4n) is 5.72. The number of imide groups is 1. The fraction of sp³-hybridized carbons (Fsp3) is 0.250. The van der Waals surface area contributed by atoms with Gasteiger partial charge in [0.25, 0.3) is 11.8 Å². The highest BCUT2D eigenvalue weighted by Gasteiger charge is 2.43. The van der Waals surface area contributed by atoms with E-state index in [1.165, 1.54) is 11.2 Å². The summed E-state index contributed by atoms with van der Waals surface area (Å²) < 4.78 is 30.3. The molecule has 3 aromatic carbocycles. The lowest BCUT2D eigenvalue weighted by atomic mass is 9.94. The number of benzene rings is 3. The third-order valence-corrected chi connectivity index (χ3v) is 10.5. The molecule has 3 amide bonds. The van der Waals surface area contributed by atoms with E-state index >= 15 is 0 Å². The molecule has 3 aliphatic heterocycles. The van der Waals surface area contributed by atoms with Crippen LogP contribution >= 0.6 is 15.9 Å². The van der Waals surface area contributed by atoms with Crippen LogP contribution in [0.3, 0.4) is 0 Å². The number of carbonyl (C=O) groups excluding carboxylic acids is 3. The first-order chi connectivity index (χ1) is 18.2. The molecule has 0 radical (unpaired) electrons. The molecule has 10 heteroatoms. The van der Waals surface area contributed by atoms with Crippen LogP contribution in [-0.4, -0.2) is 55.0 Å². The van der Waals surface area contributed by atoms with Gasteiger partial charge in [-0.2, -0.15) is 4.31 Å². The minimum absolute atomic E-state index is 0.0520. The Bertz CT molecular complexity index is 1600. The first-order valence-corrected chi connectivity index (χ1v) is 14.6. The van der Waals surface area contributed by atoms with Gasteiger partial charge >= 0.3 is 0 Å². The smallest absolute Gasteiger partial charge is 0.261 e. The maximum atomic E-state index is 14.3. The SMILES string of the molecule is CC(=O)N1CCc2cc(Br)c(S(=O)(=O)N3CCc4ccccc4C3CN3C(=O)c4ccccc4C3=O)cc21. The van der Waals surface area contributed by atoms with Crippen LogP contribution in [0.2, 0.25) is 0 Å². The molecule has 0 aliphatic carbocycles. The minimum Gasteiger partial charge on any atom is -0.312 e. The first-order valence-electron chi connectivity index (χ1n) is 12.3. The van der Waals surface area contributed by atoms with E-state index in [4.69, 9.17) is 0 Å². The summed E-state index contributed by atoms with van der Waals surface area (Å²) in [6.07, 6.45) is 1.14. The standard InChI is InChI=1S/C28H24BrN3O5S/c1-17(33)30-12-10-19-14-23(29)26(15-24(19)30)38(36,37)32-13-11-18-6-2-3-7-20(18)25(32)16-31-27(34)21-8-4-5-9-22(21)28(31)35/h2-9,14-15,25H,10-13,16H2,1H3. The molecule has 38 heavy (non-hydrogen) atoms. The highest BCUT2D eigenvalue weighted by atomic mass is 79.9. The molecule has 194 valence electrons. The summed E-state index contributed by atoms with van der Waals surface area (Å²) in [4.78, 5) is 41.4. The molecular formula is C28H24BrN3O5S. The molecule has 1 atom stereocenters. The van der Waals surface area contributed by atoms with E-state index in [-0.39, 0.29) is 23.9 Å². The van der Waals surface area contributed by atoms with E-state index in [1.54, 1.807) is 41.3 Å². The fourth-order valence-corrected chi connectivity index (χ4v) is 8.39. The molecule has 3 heterocycles. The number of fused-ring (bicyclic) bond motifs is 3. The lowest BCUT2D eigenvalue weighted by Crippen LogP contribution is -2.46. The molecule has 0 aromatic heterocycles. The number of hydrogen-bond acceptors (Lipinski definition) is 5. The number of nitrogens with zero attached hydrogens (tertiary/aromatic N) is 3. The largest absolute Gasteiger partial charge is 0.312 e. The molecule has 3 aromatic rings. The topological polar surface area (TPSA) is 95.1 Å². The Balaban J connectivity index is 1.43. The van der Waals surface area contributed by atoms with E-state index in [2.05, 4.69) is 15.9 Å². The predicted octanol–water partition coefficient (Wildman–Crippen LogP) is 3.94. The van der Waals surface area contributed by atoms with Crippen molar-refractivity contribution < 1.29 is 22.8 Å². The minimum atomic E-state index is -4.10. The number of hydrogen-bond donors (Lipinski definition) is 0. The van der Waals surface area contributed by atoms with Crippen molar-refractivity contribution in [3.8, 4) is 0 Å². The lowest BCUT2D eigenvalue weighted by molar-refractivity contribution is -0.116. The molecule has 3 aliphatic rings. The molecule has 8 nitrogen and oxygen atoms in total. The molecule has 0 saturated heterocycles. The Morgan fingerprint density at radius 3 is 2.24 bits per heavy atom. The Morgan fingerprint density at radius 2 is 1.55 bits per heavy atom. The van der Waals surface area contributed by atoms with Crippen LogP contribution in [0.25, 0.3) is 0 Å². The van der Waals surface area contributed by atoms with Crippen LogP contribution in [0.15, 0.2) is 70.0 Å². The van der Waals surface area contributed by atoms with Gasteiger partial charge in [0.05, 0.1) is 28.6 Å². The molecular weight excluding hydrogens is 570 g/mol. The lowest BCUT2D eigenvalue weighted by Gasteiger charge is -2.38. The molecule has 0 saturated carbocycles. The van der Waals surface area contributed by atoms with Gasteiger partial charge in [-0.1, -0.05) is 36.4 Å². The molecule has 0 fully saturated rings. The normalized spacial score (nSPS) is 18.9. The van der Waals surface area contributed by atoms with Crippen molar-refractivity contribution in [2.75, 3.05) is 24.5 Å². The van der Waals surface area contributed by atoms with Crippen molar-refractivity contribution in [3.05, 3.63) is 93.0 Å². The van der Waals surface area contributed by atoms with E-state index in [9.17, 15) is 22.8 Å². The van der Waals surface area contributed by atoms with Crippen LogP contribution in [0.1, 0.15) is 50.4 Å². The van der Waals surface area contributed by atoms with Crippen LogP contribution < -0.4 is 4.90 Å². The molecule has 0 N–H and O–H groups in total. The van der Waals surface area contributed by atoms with Gasteiger partial charge < -0.3 is 4.90 Å². The van der Waals surface area contributed by atoms with Crippen LogP contribution in [0.4, 0.5) is 5.69 Å². The van der Waals surface area contributed by atoms with E-state index in [1.807, 2.05) is 24.3 Å². The first kappa shape index (κ1) is 25.0. The van der Waals surface area contributed by atoms with Gasteiger partial charge in [-0.05, 0) is 69.7 Å². The van der Waals surface area contributed by atoms with E-state index in [0.29, 0.717) is 40.7 Å². The maximum absolute atomic E-state index is 14.3. The van der Waals surface area contributed by atoms with E-state index < -0.39 is 27.9 Å². The van der Waals surface area contributed by atoms with Gasteiger partial charge in [0.15, 0.2) is 0 Å². The monoisotopic (exact) mass is 593 g/mol. The highest BCUT2D eigenvalue weighted by Crippen LogP contribution is 2.41. The van der Waals surface area contributed by atoms with Gasteiger partial charge in [0, 0.05) is 30.2 Å². The summed E-state index contributed by atoms with van der Waals surface area (Å²) in [5.74, 6) is -1.01. The Hall–Kier alpha value is -3.34. The number of rotatable bonds is 4.